The van der Waals surface area contributed by atoms with Crippen LogP contribution in [-0.2, 0) is 0 Å². The highest BCUT2D eigenvalue weighted by atomic mass is 35.5. The summed E-state index contributed by atoms with van der Waals surface area (Å²) in [6.45, 7) is 6.67. The van der Waals surface area contributed by atoms with Gasteiger partial charge in [0.1, 0.15) is 5.69 Å². The van der Waals surface area contributed by atoms with E-state index in [1.807, 2.05) is 25.1 Å². The lowest BCUT2D eigenvalue weighted by atomic mass is 10.2. The number of hydrogen-bond acceptors (Lipinski definition) is 2. The van der Waals surface area contributed by atoms with E-state index in [0.717, 1.165) is 23.5 Å². The summed E-state index contributed by atoms with van der Waals surface area (Å²) in [7, 11) is -1.09. The number of carbonyl (C=O) groups is 1. The van der Waals surface area contributed by atoms with E-state index in [0.29, 0.717) is 17.4 Å². The Morgan fingerprint density at radius 1 is 1.48 bits per heavy atom. The molecule has 0 spiro atoms. The Morgan fingerprint density at radius 3 is 2.90 bits per heavy atom. The molecule has 0 aromatic carbocycles. The highest BCUT2D eigenvalue weighted by Gasteiger charge is 2.33. The second-order valence-electron chi connectivity index (χ2n) is 6.75. The van der Waals surface area contributed by atoms with Crippen LogP contribution in [0, 0.1) is 6.92 Å². The Morgan fingerprint density at radius 2 is 2.24 bits per heavy atom. The van der Waals surface area contributed by atoms with Gasteiger partial charge >= 0.3 is 0 Å². The van der Waals surface area contributed by atoms with E-state index < -0.39 is 8.07 Å². The topological polar surface area (TPSA) is 46.9 Å². The van der Waals surface area contributed by atoms with Crippen molar-refractivity contribution in [3.8, 4) is 0 Å². The van der Waals surface area contributed by atoms with Gasteiger partial charge in [-0.25, -0.2) is 9.07 Å². The van der Waals surface area contributed by atoms with Crippen LogP contribution in [-0.4, -0.2) is 29.1 Å². The van der Waals surface area contributed by atoms with Crippen LogP contribution in [0.5, 0.6) is 0 Å². The molecule has 2 aromatic rings. The summed E-state index contributed by atoms with van der Waals surface area (Å²) in [5, 5.41) is 4.02. The average Bonchev–Trinajstić information content (AvgIpc) is 2.90. The molecule has 0 unspecified atom stereocenters. The number of pyridine rings is 1. The third kappa shape index (κ3) is 2.85. The number of halogens is 1. The largest absolute Gasteiger partial charge is 0.348 e. The minimum atomic E-state index is -1.09. The van der Waals surface area contributed by atoms with Crippen LogP contribution >= 0.6 is 11.8 Å². The van der Waals surface area contributed by atoms with Crippen LogP contribution in [0.1, 0.15) is 22.6 Å². The van der Waals surface area contributed by atoms with Gasteiger partial charge < -0.3 is 5.32 Å². The monoisotopic (exact) mass is 321 g/mol. The van der Waals surface area contributed by atoms with E-state index >= 15 is 0 Å². The SMILES string of the molecule is Cc1ccc2cc(C(=O)N[C@H]3CC[Si](C)(C)C3)n(Cl)c2n1. The van der Waals surface area contributed by atoms with Crippen LogP contribution in [0.2, 0.25) is 25.2 Å². The fraction of sp³-hybridized carbons (Fsp3) is 0.467. The number of nitrogens with one attached hydrogen (secondary N) is 1. The molecule has 0 bridgehead atoms. The fourth-order valence-corrected chi connectivity index (χ4v) is 6.35. The molecular weight excluding hydrogens is 302 g/mol. The van der Waals surface area contributed by atoms with Gasteiger partial charge in [-0.2, -0.15) is 0 Å². The van der Waals surface area contributed by atoms with Gasteiger partial charge in [-0.3, -0.25) is 4.79 Å². The smallest absolute Gasteiger partial charge is 0.269 e. The fourth-order valence-electron chi connectivity index (χ4n) is 3.12. The molecule has 1 fully saturated rings. The molecule has 1 N–H and O–H groups in total. The van der Waals surface area contributed by atoms with Crippen molar-refractivity contribution in [3.05, 3.63) is 29.6 Å². The number of nitrogens with zero attached hydrogens (tertiary/aromatic N) is 2. The number of fused-ring (bicyclic) bond motifs is 1. The molecule has 3 heterocycles. The summed E-state index contributed by atoms with van der Waals surface area (Å²) >= 11 is 6.27. The van der Waals surface area contributed by atoms with Crippen LogP contribution in [0.25, 0.3) is 11.0 Å². The lowest BCUT2D eigenvalue weighted by molar-refractivity contribution is 0.0935. The number of hydrogen-bond donors (Lipinski definition) is 1. The van der Waals surface area contributed by atoms with E-state index in [1.54, 1.807) is 0 Å². The minimum Gasteiger partial charge on any atom is -0.348 e. The Bertz CT molecular complexity index is 710. The van der Waals surface area contributed by atoms with Crippen LogP contribution in [0.15, 0.2) is 18.2 Å². The van der Waals surface area contributed by atoms with Gasteiger partial charge in [0.2, 0.25) is 0 Å². The number of carbonyl (C=O) groups excluding carboxylic acids is 1. The molecule has 112 valence electrons. The van der Waals surface area contributed by atoms with Crippen molar-refractivity contribution >= 4 is 36.8 Å². The third-order valence-electron chi connectivity index (χ3n) is 4.27. The predicted octanol–water partition coefficient (Wildman–Crippen LogP) is 3.56. The highest BCUT2D eigenvalue weighted by molar-refractivity contribution is 6.78. The quantitative estimate of drug-likeness (QED) is 0.860. The number of aromatic nitrogens is 2. The Labute approximate surface area is 130 Å². The average molecular weight is 322 g/mol. The molecule has 1 amide bonds. The molecule has 21 heavy (non-hydrogen) atoms. The van der Waals surface area contributed by atoms with Crippen molar-refractivity contribution in [1.29, 1.82) is 0 Å². The number of amides is 1. The van der Waals surface area contributed by atoms with Crippen LogP contribution in [0.4, 0.5) is 0 Å². The van der Waals surface area contributed by atoms with Crippen LogP contribution in [0.3, 0.4) is 0 Å². The zero-order chi connectivity index (χ0) is 15.2. The van der Waals surface area contributed by atoms with E-state index in [9.17, 15) is 4.79 Å². The van der Waals surface area contributed by atoms with E-state index in [4.69, 9.17) is 11.8 Å². The van der Waals surface area contributed by atoms with Gasteiger partial charge in [-0.05, 0) is 37.6 Å². The number of aryl methyl sites for hydroxylation is 1. The standard InChI is InChI=1S/C15H20ClN3OSi/c1-10-4-5-11-8-13(19(16)14(11)17-10)15(20)18-12-6-7-21(2,3)9-12/h4-5,8,12H,6-7,9H2,1-3H3,(H,18,20)/t12-/m0/s1. The summed E-state index contributed by atoms with van der Waals surface area (Å²) in [4.78, 5) is 16.8. The van der Waals surface area contributed by atoms with Crippen molar-refractivity contribution in [2.75, 3.05) is 0 Å². The molecule has 1 saturated heterocycles. The van der Waals surface area contributed by atoms with Crippen molar-refractivity contribution < 1.29 is 4.79 Å². The summed E-state index contributed by atoms with van der Waals surface area (Å²) in [6, 6.07) is 8.40. The van der Waals surface area contributed by atoms with Gasteiger partial charge in [0.15, 0.2) is 5.65 Å². The van der Waals surface area contributed by atoms with Crippen molar-refractivity contribution in [1.82, 2.24) is 14.4 Å². The lowest BCUT2D eigenvalue weighted by Crippen LogP contribution is -2.35. The Hall–Kier alpha value is -1.33. The van der Waals surface area contributed by atoms with Gasteiger partial charge in [0.25, 0.3) is 5.91 Å². The highest BCUT2D eigenvalue weighted by Crippen LogP contribution is 2.30. The molecule has 0 radical (unpaired) electrons. The molecule has 1 atom stereocenters. The van der Waals surface area contributed by atoms with Gasteiger partial charge in [0, 0.05) is 37.0 Å². The maximum atomic E-state index is 12.5. The molecule has 0 saturated carbocycles. The first-order valence-corrected chi connectivity index (χ1v) is 11.1. The molecule has 4 nitrogen and oxygen atoms in total. The zero-order valence-electron chi connectivity index (χ0n) is 12.6. The maximum absolute atomic E-state index is 12.5. The van der Waals surface area contributed by atoms with E-state index in [1.165, 1.54) is 10.1 Å². The molecule has 0 aliphatic carbocycles. The normalized spacial score (nSPS) is 20.9. The molecule has 3 rings (SSSR count). The van der Waals surface area contributed by atoms with E-state index in [2.05, 4.69) is 23.4 Å². The van der Waals surface area contributed by atoms with Gasteiger partial charge in [0.05, 0.1) is 0 Å². The summed E-state index contributed by atoms with van der Waals surface area (Å²) in [5.74, 6) is -0.0997. The van der Waals surface area contributed by atoms with Crippen molar-refractivity contribution in [3.63, 3.8) is 0 Å². The molecule has 2 aromatic heterocycles. The molecule has 1 aliphatic rings. The second kappa shape index (κ2) is 5.14. The second-order valence-corrected chi connectivity index (χ2v) is 12.3. The predicted molar refractivity (Wildman–Crippen MR) is 88.7 cm³/mol. The van der Waals surface area contributed by atoms with Crippen molar-refractivity contribution in [2.24, 2.45) is 0 Å². The molecule has 6 heteroatoms. The van der Waals surface area contributed by atoms with Gasteiger partial charge in [-0.1, -0.05) is 19.1 Å². The number of rotatable bonds is 2. The summed E-state index contributed by atoms with van der Waals surface area (Å²) < 4.78 is 1.37. The van der Waals surface area contributed by atoms with Crippen molar-refractivity contribution in [2.45, 2.75) is 44.6 Å². The van der Waals surface area contributed by atoms with Crippen LogP contribution < -0.4 is 5.32 Å². The van der Waals surface area contributed by atoms with E-state index in [-0.39, 0.29) is 5.91 Å². The minimum absolute atomic E-state index is 0.0997. The maximum Gasteiger partial charge on any atom is 0.269 e. The Kier molecular flexibility index (Phi) is 3.57. The summed E-state index contributed by atoms with van der Waals surface area (Å²) in [6.07, 6.45) is 1.09. The first kappa shape index (κ1) is 14.6. The first-order chi connectivity index (χ1) is 9.85. The Balaban J connectivity index is 1.83. The molecular formula is C15H20ClN3OSi. The first-order valence-electron chi connectivity index (χ1n) is 7.32. The van der Waals surface area contributed by atoms with Gasteiger partial charge in [-0.15, -0.1) is 0 Å². The molecule has 1 aliphatic heterocycles. The zero-order valence-corrected chi connectivity index (χ0v) is 14.4. The lowest BCUT2D eigenvalue weighted by Gasteiger charge is -2.16. The third-order valence-corrected chi connectivity index (χ3v) is 7.85. The summed E-state index contributed by atoms with van der Waals surface area (Å²) in [5.41, 5.74) is 2.00.